The highest BCUT2D eigenvalue weighted by atomic mass is 35.5. The van der Waals surface area contributed by atoms with Crippen molar-refractivity contribution in [3.63, 3.8) is 0 Å². The van der Waals surface area contributed by atoms with Crippen LogP contribution >= 0.6 is 23.2 Å². The zero-order chi connectivity index (χ0) is 10.9. The lowest BCUT2D eigenvalue weighted by molar-refractivity contribution is 0.238. The molecule has 0 bridgehead atoms. The number of halogens is 2. The summed E-state index contributed by atoms with van der Waals surface area (Å²) in [5.74, 6) is 0. The summed E-state index contributed by atoms with van der Waals surface area (Å²) in [5.41, 5.74) is -2.16. The van der Waals surface area contributed by atoms with Crippen molar-refractivity contribution in [2.24, 2.45) is 0 Å². The average molecular weight is 257 g/mol. The first-order valence-corrected chi connectivity index (χ1v) is 5.67. The summed E-state index contributed by atoms with van der Waals surface area (Å²) in [5, 5.41) is 9.44. The Hall–Kier alpha value is -0.330. The van der Waals surface area contributed by atoms with Gasteiger partial charge >= 0.3 is 0 Å². The molecule has 0 saturated carbocycles. The zero-order valence-corrected chi connectivity index (χ0v) is 9.01. The number of benzene rings is 1. The van der Waals surface area contributed by atoms with Gasteiger partial charge in [-0.05, 0) is 12.1 Å². The number of rotatable bonds is 2. The highest BCUT2D eigenvalue weighted by Gasteiger charge is 2.24. The highest BCUT2D eigenvalue weighted by molar-refractivity contribution is 7.85. The van der Waals surface area contributed by atoms with Crippen LogP contribution in [0.15, 0.2) is 18.2 Å². The Kier molecular flexibility index (Phi) is 3.39. The average Bonchev–Trinajstić information content (AvgIpc) is 2.01. The standard InChI is InChI=1S/C7H6Cl2O4S/c8-4-1-2-5(6(9)3-4)7(10)14(11,12)13/h1-3,7,10H,(H,11,12,13)/t7-/m0/s1. The van der Waals surface area contributed by atoms with E-state index in [1.54, 1.807) is 0 Å². The summed E-state index contributed by atoms with van der Waals surface area (Å²) in [7, 11) is -4.56. The van der Waals surface area contributed by atoms with Crippen LogP contribution in [0.2, 0.25) is 10.0 Å². The van der Waals surface area contributed by atoms with Gasteiger partial charge in [0, 0.05) is 15.6 Å². The first kappa shape index (κ1) is 11.7. The quantitative estimate of drug-likeness (QED) is 0.793. The smallest absolute Gasteiger partial charge is 0.296 e. The Balaban J connectivity index is 3.21. The predicted octanol–water partition coefficient (Wildman–Crippen LogP) is 1.87. The molecular weight excluding hydrogens is 251 g/mol. The Bertz CT molecular complexity index is 443. The molecule has 1 aromatic rings. The molecule has 1 atom stereocenters. The van der Waals surface area contributed by atoms with Crippen LogP contribution in [-0.4, -0.2) is 18.1 Å². The monoisotopic (exact) mass is 256 g/mol. The van der Waals surface area contributed by atoms with Crippen LogP contribution in [0.1, 0.15) is 11.0 Å². The lowest BCUT2D eigenvalue weighted by atomic mass is 10.2. The second kappa shape index (κ2) is 4.04. The van der Waals surface area contributed by atoms with Crippen LogP contribution < -0.4 is 0 Å². The van der Waals surface area contributed by atoms with E-state index in [9.17, 15) is 8.42 Å². The van der Waals surface area contributed by atoms with Gasteiger partial charge in [-0.1, -0.05) is 29.3 Å². The van der Waals surface area contributed by atoms with Crippen LogP contribution in [0.4, 0.5) is 0 Å². The first-order chi connectivity index (χ1) is 6.32. The minimum atomic E-state index is -4.56. The minimum Gasteiger partial charge on any atom is -0.371 e. The molecule has 1 rings (SSSR count). The summed E-state index contributed by atoms with van der Waals surface area (Å²) in [6, 6.07) is 3.85. The molecule has 0 heterocycles. The highest BCUT2D eigenvalue weighted by Crippen LogP contribution is 2.28. The summed E-state index contributed by atoms with van der Waals surface area (Å²) in [6.07, 6.45) is 0. The van der Waals surface area contributed by atoms with E-state index in [1.807, 2.05) is 0 Å². The Morgan fingerprint density at radius 2 is 1.86 bits per heavy atom. The summed E-state index contributed by atoms with van der Waals surface area (Å²) >= 11 is 11.2. The fraction of sp³-hybridized carbons (Fsp3) is 0.143. The van der Waals surface area contributed by atoms with Crippen LogP contribution in [0.25, 0.3) is 0 Å². The molecule has 14 heavy (non-hydrogen) atoms. The van der Waals surface area contributed by atoms with Gasteiger partial charge in [-0.2, -0.15) is 8.42 Å². The van der Waals surface area contributed by atoms with E-state index in [1.165, 1.54) is 18.2 Å². The van der Waals surface area contributed by atoms with E-state index in [2.05, 4.69) is 0 Å². The van der Waals surface area contributed by atoms with Crippen LogP contribution in [0.5, 0.6) is 0 Å². The molecule has 0 saturated heterocycles. The van der Waals surface area contributed by atoms with Gasteiger partial charge in [0.05, 0.1) is 0 Å². The third-order valence-electron chi connectivity index (χ3n) is 1.51. The van der Waals surface area contributed by atoms with Gasteiger partial charge in [0.2, 0.25) is 5.44 Å². The molecule has 7 heteroatoms. The fourth-order valence-corrected chi connectivity index (χ4v) is 1.97. The van der Waals surface area contributed by atoms with E-state index < -0.39 is 15.6 Å². The maximum atomic E-state index is 10.6. The van der Waals surface area contributed by atoms with E-state index in [-0.39, 0.29) is 10.6 Å². The Labute approximate surface area is 90.8 Å². The maximum Gasteiger partial charge on any atom is 0.296 e. The van der Waals surface area contributed by atoms with E-state index >= 15 is 0 Å². The molecule has 0 aliphatic carbocycles. The second-order valence-corrected chi connectivity index (χ2v) is 4.85. The van der Waals surface area contributed by atoms with E-state index in [0.717, 1.165) is 0 Å². The molecule has 0 aliphatic heterocycles. The normalized spacial score (nSPS) is 14.0. The van der Waals surface area contributed by atoms with Crippen molar-refractivity contribution in [2.45, 2.75) is 5.44 Å². The molecule has 0 unspecified atom stereocenters. The lowest BCUT2D eigenvalue weighted by Crippen LogP contribution is -2.11. The van der Waals surface area contributed by atoms with Gasteiger partial charge in [0.15, 0.2) is 0 Å². The van der Waals surface area contributed by atoms with Gasteiger partial charge in [-0.15, -0.1) is 0 Å². The van der Waals surface area contributed by atoms with Crippen molar-refractivity contribution >= 4 is 33.3 Å². The van der Waals surface area contributed by atoms with E-state index in [4.69, 9.17) is 32.9 Å². The minimum absolute atomic E-state index is 0.0253. The summed E-state index contributed by atoms with van der Waals surface area (Å²) in [4.78, 5) is 0. The van der Waals surface area contributed by atoms with Crippen molar-refractivity contribution in [3.05, 3.63) is 33.8 Å². The van der Waals surface area contributed by atoms with Crippen molar-refractivity contribution in [1.29, 1.82) is 0 Å². The topological polar surface area (TPSA) is 74.6 Å². The van der Waals surface area contributed by atoms with Crippen molar-refractivity contribution in [1.82, 2.24) is 0 Å². The van der Waals surface area contributed by atoms with Gasteiger partial charge in [-0.3, -0.25) is 4.55 Å². The molecule has 1 aromatic carbocycles. The summed E-state index contributed by atoms with van der Waals surface area (Å²) in [6.45, 7) is 0. The van der Waals surface area contributed by atoms with Gasteiger partial charge in [0.1, 0.15) is 0 Å². The van der Waals surface area contributed by atoms with Crippen LogP contribution in [-0.2, 0) is 10.1 Å². The SMILES string of the molecule is O=S(=O)(O)[C@H](O)c1ccc(Cl)cc1Cl. The van der Waals surface area contributed by atoms with Gasteiger partial charge in [0.25, 0.3) is 10.1 Å². The number of aliphatic hydroxyl groups is 1. The summed E-state index contributed by atoms with van der Waals surface area (Å²) < 4.78 is 29.7. The second-order valence-electron chi connectivity index (χ2n) is 2.53. The lowest BCUT2D eigenvalue weighted by Gasteiger charge is -2.09. The van der Waals surface area contributed by atoms with Crippen molar-refractivity contribution in [3.8, 4) is 0 Å². The molecule has 0 radical (unpaired) electrons. The largest absolute Gasteiger partial charge is 0.371 e. The third kappa shape index (κ3) is 2.59. The molecule has 0 spiro atoms. The number of hydrogen-bond donors (Lipinski definition) is 2. The molecule has 2 N–H and O–H groups in total. The Morgan fingerprint density at radius 1 is 1.29 bits per heavy atom. The fourth-order valence-electron chi connectivity index (χ4n) is 0.862. The van der Waals surface area contributed by atoms with Crippen molar-refractivity contribution < 1.29 is 18.1 Å². The van der Waals surface area contributed by atoms with Crippen molar-refractivity contribution in [2.75, 3.05) is 0 Å². The zero-order valence-electron chi connectivity index (χ0n) is 6.68. The molecule has 0 fully saturated rings. The first-order valence-electron chi connectivity index (χ1n) is 3.41. The number of hydrogen-bond acceptors (Lipinski definition) is 3. The van der Waals surface area contributed by atoms with Crippen LogP contribution in [0, 0.1) is 0 Å². The predicted molar refractivity (Wildman–Crippen MR) is 53.0 cm³/mol. The molecule has 4 nitrogen and oxygen atoms in total. The van der Waals surface area contributed by atoms with E-state index in [0.29, 0.717) is 5.02 Å². The van der Waals surface area contributed by atoms with Gasteiger partial charge in [-0.25, -0.2) is 0 Å². The molecular formula is C7H6Cl2O4S. The molecule has 78 valence electrons. The third-order valence-corrected chi connectivity index (χ3v) is 2.89. The maximum absolute atomic E-state index is 10.6. The molecule has 0 amide bonds. The Morgan fingerprint density at radius 3 is 2.29 bits per heavy atom. The molecule has 0 aromatic heterocycles. The van der Waals surface area contributed by atoms with Crippen LogP contribution in [0.3, 0.4) is 0 Å². The van der Waals surface area contributed by atoms with Gasteiger partial charge < -0.3 is 5.11 Å². The molecule has 0 aliphatic rings. The number of aliphatic hydroxyl groups excluding tert-OH is 1.